The summed E-state index contributed by atoms with van der Waals surface area (Å²) in [4.78, 5) is 3.90. The fourth-order valence-electron chi connectivity index (χ4n) is 0.426. The summed E-state index contributed by atoms with van der Waals surface area (Å²) in [5.74, 6) is 0. The predicted molar refractivity (Wildman–Crippen MR) is 37.2 cm³/mol. The number of rotatable bonds is 2. The Labute approximate surface area is 50.1 Å². The Balaban J connectivity index is 3.72. The summed E-state index contributed by atoms with van der Waals surface area (Å²) in [6, 6.07) is 0. The molecule has 0 unspecified atom stereocenters. The molecule has 0 fully saturated rings. The molecule has 0 spiro atoms. The standard InChI is InChI=1S/C6H12N2/c1-3-4-6(5-7)8-2/h3-4H,5,7H2,1-2H3/b4-3-,8-6?. The molecule has 0 aromatic rings. The summed E-state index contributed by atoms with van der Waals surface area (Å²) in [7, 11) is 1.74. The minimum absolute atomic E-state index is 0.529. The van der Waals surface area contributed by atoms with E-state index in [9.17, 15) is 0 Å². The van der Waals surface area contributed by atoms with Gasteiger partial charge in [0.1, 0.15) is 0 Å². The van der Waals surface area contributed by atoms with Crippen LogP contribution >= 0.6 is 0 Å². The maximum atomic E-state index is 5.29. The second-order valence-corrected chi connectivity index (χ2v) is 1.42. The van der Waals surface area contributed by atoms with Crippen molar-refractivity contribution in [3.05, 3.63) is 12.2 Å². The fourth-order valence-corrected chi connectivity index (χ4v) is 0.426. The van der Waals surface area contributed by atoms with Gasteiger partial charge in [-0.3, -0.25) is 4.99 Å². The molecule has 0 amide bonds. The van der Waals surface area contributed by atoms with Crippen molar-refractivity contribution >= 4 is 5.71 Å². The van der Waals surface area contributed by atoms with E-state index in [0.717, 1.165) is 5.71 Å². The van der Waals surface area contributed by atoms with E-state index in [2.05, 4.69) is 4.99 Å². The monoisotopic (exact) mass is 112 g/mol. The van der Waals surface area contributed by atoms with Gasteiger partial charge in [-0.15, -0.1) is 0 Å². The summed E-state index contributed by atoms with van der Waals surface area (Å²) >= 11 is 0. The first-order chi connectivity index (χ1) is 3.85. The van der Waals surface area contributed by atoms with Crippen molar-refractivity contribution in [2.75, 3.05) is 13.6 Å². The molecule has 0 saturated carbocycles. The number of hydrogen-bond donors (Lipinski definition) is 1. The average Bonchev–Trinajstić information content (AvgIpc) is 1.83. The lowest BCUT2D eigenvalue weighted by molar-refractivity contribution is 1.28. The van der Waals surface area contributed by atoms with Crippen molar-refractivity contribution in [1.82, 2.24) is 0 Å². The maximum Gasteiger partial charge on any atom is 0.0477 e. The van der Waals surface area contributed by atoms with Crippen LogP contribution in [0.3, 0.4) is 0 Å². The lowest BCUT2D eigenvalue weighted by Crippen LogP contribution is -2.10. The number of hydrogen-bond acceptors (Lipinski definition) is 2. The zero-order valence-electron chi connectivity index (χ0n) is 5.39. The number of aliphatic imine (C=N–C) groups is 1. The smallest absolute Gasteiger partial charge is 0.0477 e. The molecule has 2 heteroatoms. The van der Waals surface area contributed by atoms with Gasteiger partial charge in [0.2, 0.25) is 0 Å². The van der Waals surface area contributed by atoms with Gasteiger partial charge in [0, 0.05) is 19.3 Å². The average molecular weight is 112 g/mol. The molecule has 0 heterocycles. The number of nitrogens with zero attached hydrogens (tertiary/aromatic N) is 1. The molecule has 8 heavy (non-hydrogen) atoms. The van der Waals surface area contributed by atoms with Crippen molar-refractivity contribution in [2.45, 2.75) is 6.92 Å². The second kappa shape index (κ2) is 4.53. The highest BCUT2D eigenvalue weighted by molar-refractivity contribution is 5.96. The highest BCUT2D eigenvalue weighted by Crippen LogP contribution is 1.75. The molecular formula is C6H12N2. The zero-order chi connectivity index (χ0) is 6.41. The quantitative estimate of drug-likeness (QED) is 0.522. The van der Waals surface area contributed by atoms with Crippen LogP contribution in [0.25, 0.3) is 0 Å². The van der Waals surface area contributed by atoms with Crippen molar-refractivity contribution in [2.24, 2.45) is 10.7 Å². The van der Waals surface area contributed by atoms with Crippen molar-refractivity contribution in [3.8, 4) is 0 Å². The Morgan fingerprint density at radius 2 is 2.38 bits per heavy atom. The Bertz CT molecular complexity index is 100. The third-order valence-corrected chi connectivity index (χ3v) is 0.855. The third-order valence-electron chi connectivity index (χ3n) is 0.855. The van der Waals surface area contributed by atoms with E-state index in [1.807, 2.05) is 19.1 Å². The molecule has 2 N–H and O–H groups in total. The Morgan fingerprint density at radius 3 is 2.50 bits per heavy atom. The van der Waals surface area contributed by atoms with Gasteiger partial charge in [-0.2, -0.15) is 0 Å². The maximum absolute atomic E-state index is 5.29. The molecule has 0 aliphatic rings. The second-order valence-electron chi connectivity index (χ2n) is 1.42. The first-order valence-corrected chi connectivity index (χ1v) is 2.63. The highest BCUT2D eigenvalue weighted by atomic mass is 14.7. The van der Waals surface area contributed by atoms with Crippen LogP contribution in [0.5, 0.6) is 0 Å². The number of allylic oxidation sites excluding steroid dienone is 1. The van der Waals surface area contributed by atoms with E-state index in [1.54, 1.807) is 7.05 Å². The number of nitrogens with two attached hydrogens (primary N) is 1. The van der Waals surface area contributed by atoms with E-state index < -0.39 is 0 Å². The molecular weight excluding hydrogens is 100 g/mol. The van der Waals surface area contributed by atoms with Gasteiger partial charge < -0.3 is 5.73 Å². The van der Waals surface area contributed by atoms with Crippen LogP contribution in [-0.2, 0) is 0 Å². The van der Waals surface area contributed by atoms with Crippen molar-refractivity contribution in [1.29, 1.82) is 0 Å². The molecule has 0 saturated heterocycles. The molecule has 0 aromatic heterocycles. The van der Waals surface area contributed by atoms with Crippen LogP contribution in [0.1, 0.15) is 6.92 Å². The van der Waals surface area contributed by atoms with Crippen molar-refractivity contribution < 1.29 is 0 Å². The first kappa shape index (κ1) is 7.37. The van der Waals surface area contributed by atoms with Crippen LogP contribution in [0.4, 0.5) is 0 Å². The van der Waals surface area contributed by atoms with Gasteiger partial charge in [0.15, 0.2) is 0 Å². The van der Waals surface area contributed by atoms with E-state index >= 15 is 0 Å². The van der Waals surface area contributed by atoms with Gasteiger partial charge in [0.25, 0.3) is 0 Å². The molecule has 0 atom stereocenters. The normalized spacial score (nSPS) is 13.1. The SMILES string of the molecule is C/C=C\C(CN)=NC. The molecule has 46 valence electrons. The third kappa shape index (κ3) is 2.53. The van der Waals surface area contributed by atoms with Crippen LogP contribution in [-0.4, -0.2) is 19.3 Å². The topological polar surface area (TPSA) is 38.4 Å². The van der Waals surface area contributed by atoms with Crippen molar-refractivity contribution in [3.63, 3.8) is 0 Å². The minimum Gasteiger partial charge on any atom is -0.325 e. The van der Waals surface area contributed by atoms with Gasteiger partial charge in [-0.05, 0) is 13.0 Å². The summed E-state index contributed by atoms with van der Waals surface area (Å²) in [6.45, 7) is 2.47. The highest BCUT2D eigenvalue weighted by Gasteiger charge is 1.81. The zero-order valence-corrected chi connectivity index (χ0v) is 5.39. The molecule has 2 nitrogen and oxygen atoms in total. The Hall–Kier alpha value is -0.630. The molecule has 0 radical (unpaired) electrons. The van der Waals surface area contributed by atoms with E-state index in [0.29, 0.717) is 6.54 Å². The van der Waals surface area contributed by atoms with Gasteiger partial charge in [0.05, 0.1) is 0 Å². The van der Waals surface area contributed by atoms with Crippen LogP contribution in [0.2, 0.25) is 0 Å². The van der Waals surface area contributed by atoms with Gasteiger partial charge >= 0.3 is 0 Å². The predicted octanol–water partition coefficient (Wildman–Crippen LogP) is 0.592. The van der Waals surface area contributed by atoms with Gasteiger partial charge in [-0.1, -0.05) is 6.08 Å². The molecule has 0 rings (SSSR count). The van der Waals surface area contributed by atoms with Crippen LogP contribution in [0.15, 0.2) is 17.1 Å². The molecule has 0 aromatic carbocycles. The van der Waals surface area contributed by atoms with Crippen LogP contribution < -0.4 is 5.73 Å². The summed E-state index contributed by atoms with van der Waals surface area (Å²) in [5, 5.41) is 0. The van der Waals surface area contributed by atoms with Gasteiger partial charge in [-0.25, -0.2) is 0 Å². The summed E-state index contributed by atoms with van der Waals surface area (Å²) < 4.78 is 0. The minimum atomic E-state index is 0.529. The van der Waals surface area contributed by atoms with Crippen LogP contribution in [0, 0.1) is 0 Å². The Kier molecular flexibility index (Phi) is 4.17. The van der Waals surface area contributed by atoms with E-state index in [4.69, 9.17) is 5.73 Å². The summed E-state index contributed by atoms with van der Waals surface area (Å²) in [6.07, 6.45) is 3.83. The fraction of sp³-hybridized carbons (Fsp3) is 0.500. The van der Waals surface area contributed by atoms with E-state index in [-0.39, 0.29) is 0 Å². The molecule has 0 aliphatic carbocycles. The summed E-state index contributed by atoms with van der Waals surface area (Å²) in [5.41, 5.74) is 6.22. The lowest BCUT2D eigenvalue weighted by atomic mass is 10.3. The molecule has 0 aliphatic heterocycles. The largest absolute Gasteiger partial charge is 0.325 e. The lowest BCUT2D eigenvalue weighted by Gasteiger charge is -1.89. The van der Waals surface area contributed by atoms with E-state index in [1.165, 1.54) is 0 Å². The first-order valence-electron chi connectivity index (χ1n) is 2.63. The molecule has 0 bridgehead atoms. The Morgan fingerprint density at radius 1 is 1.75 bits per heavy atom.